The van der Waals surface area contributed by atoms with Crippen molar-refractivity contribution >= 4 is 39.8 Å². The lowest BCUT2D eigenvalue weighted by molar-refractivity contribution is 0.183. The summed E-state index contributed by atoms with van der Waals surface area (Å²) >= 11 is 1.55. The molecule has 0 radical (unpaired) electrons. The molecule has 0 fully saturated rings. The van der Waals surface area contributed by atoms with E-state index in [2.05, 4.69) is 29.3 Å². The first-order valence-electron chi connectivity index (χ1n) is 9.12. The van der Waals surface area contributed by atoms with Gasteiger partial charge in [-0.25, -0.2) is 4.98 Å². The minimum absolute atomic E-state index is 0.0622. The van der Waals surface area contributed by atoms with Crippen molar-refractivity contribution in [2.45, 2.75) is 11.7 Å². The quantitative estimate of drug-likeness (QED) is 0.376. The topological polar surface area (TPSA) is 59.9 Å². The van der Waals surface area contributed by atoms with E-state index in [-0.39, 0.29) is 5.56 Å². The maximum absolute atomic E-state index is 13.1. The molecule has 0 saturated carbocycles. The molecule has 4 aromatic rings. The molecule has 2 aromatic heterocycles. The summed E-state index contributed by atoms with van der Waals surface area (Å²) in [5, 5.41) is 1.67. The SMILES string of the molecule is COCCn1c(SCC=Cc2ccccc2)nc2c([nH]c3ccccc32)c1=O. The summed E-state index contributed by atoms with van der Waals surface area (Å²) in [7, 11) is 1.63. The average molecular weight is 391 g/mol. The smallest absolute Gasteiger partial charge is 0.278 e. The van der Waals surface area contributed by atoms with Crippen LogP contribution in [0.3, 0.4) is 0 Å². The number of thioether (sulfide) groups is 1. The van der Waals surface area contributed by atoms with Crippen molar-refractivity contribution in [3.63, 3.8) is 0 Å². The third-order valence-corrected chi connectivity index (χ3v) is 5.44. The van der Waals surface area contributed by atoms with Gasteiger partial charge in [-0.2, -0.15) is 0 Å². The van der Waals surface area contributed by atoms with Crippen LogP contribution in [0.1, 0.15) is 5.56 Å². The second kappa shape index (κ2) is 8.46. The molecular formula is C22H21N3O2S. The molecule has 6 heteroatoms. The first kappa shape index (κ1) is 18.5. The van der Waals surface area contributed by atoms with Gasteiger partial charge in [0.15, 0.2) is 5.16 Å². The van der Waals surface area contributed by atoms with E-state index >= 15 is 0 Å². The van der Waals surface area contributed by atoms with Gasteiger partial charge in [0.2, 0.25) is 0 Å². The van der Waals surface area contributed by atoms with E-state index in [9.17, 15) is 4.79 Å². The Morgan fingerprint density at radius 2 is 1.93 bits per heavy atom. The van der Waals surface area contributed by atoms with Crippen molar-refractivity contribution < 1.29 is 4.74 Å². The van der Waals surface area contributed by atoms with Crippen molar-refractivity contribution in [2.24, 2.45) is 0 Å². The van der Waals surface area contributed by atoms with Crippen LogP contribution in [-0.2, 0) is 11.3 Å². The Hall–Kier alpha value is -2.83. The molecule has 5 nitrogen and oxygen atoms in total. The van der Waals surface area contributed by atoms with Gasteiger partial charge >= 0.3 is 0 Å². The zero-order chi connectivity index (χ0) is 19.3. The number of aromatic nitrogens is 3. The highest BCUT2D eigenvalue weighted by molar-refractivity contribution is 7.99. The van der Waals surface area contributed by atoms with Crippen molar-refractivity contribution in [1.82, 2.24) is 14.5 Å². The number of nitrogens with zero attached hydrogens (tertiary/aromatic N) is 2. The van der Waals surface area contributed by atoms with Gasteiger partial charge in [-0.05, 0) is 11.6 Å². The summed E-state index contributed by atoms with van der Waals surface area (Å²) in [6, 6.07) is 18.0. The van der Waals surface area contributed by atoms with Crippen LogP contribution in [0.2, 0.25) is 0 Å². The normalized spacial score (nSPS) is 11.8. The number of methoxy groups -OCH3 is 1. The zero-order valence-corrected chi connectivity index (χ0v) is 16.4. The van der Waals surface area contributed by atoms with Crippen molar-refractivity contribution in [3.8, 4) is 0 Å². The number of aromatic amines is 1. The summed E-state index contributed by atoms with van der Waals surface area (Å²) < 4.78 is 6.89. The first-order valence-corrected chi connectivity index (χ1v) is 10.1. The lowest BCUT2D eigenvalue weighted by atomic mass is 10.2. The highest BCUT2D eigenvalue weighted by Crippen LogP contribution is 2.24. The lowest BCUT2D eigenvalue weighted by Gasteiger charge is -2.10. The van der Waals surface area contributed by atoms with Crippen molar-refractivity contribution in [1.29, 1.82) is 0 Å². The highest BCUT2D eigenvalue weighted by Gasteiger charge is 2.15. The van der Waals surface area contributed by atoms with Gasteiger partial charge in [0.1, 0.15) is 11.0 Å². The Morgan fingerprint density at radius 1 is 1.14 bits per heavy atom. The molecule has 0 amide bonds. The summed E-state index contributed by atoms with van der Waals surface area (Å²) in [6.45, 7) is 0.930. The molecule has 0 saturated heterocycles. The molecule has 142 valence electrons. The van der Waals surface area contributed by atoms with Crippen LogP contribution in [0, 0.1) is 0 Å². The zero-order valence-electron chi connectivity index (χ0n) is 15.6. The second-order valence-corrected chi connectivity index (χ2v) is 7.35. The third-order valence-electron chi connectivity index (χ3n) is 4.51. The molecular weight excluding hydrogens is 370 g/mol. The molecule has 2 aromatic carbocycles. The fourth-order valence-corrected chi connectivity index (χ4v) is 3.96. The summed E-state index contributed by atoms with van der Waals surface area (Å²) in [4.78, 5) is 21.1. The Labute approximate surface area is 167 Å². The van der Waals surface area contributed by atoms with Gasteiger partial charge < -0.3 is 9.72 Å². The predicted molar refractivity (Wildman–Crippen MR) is 116 cm³/mol. The van der Waals surface area contributed by atoms with E-state index in [1.807, 2.05) is 42.5 Å². The van der Waals surface area contributed by atoms with E-state index in [0.29, 0.717) is 23.8 Å². The molecule has 28 heavy (non-hydrogen) atoms. The van der Waals surface area contributed by atoms with E-state index in [4.69, 9.17) is 9.72 Å². The number of H-pyrrole nitrogens is 1. The van der Waals surface area contributed by atoms with Crippen LogP contribution in [0.5, 0.6) is 0 Å². The number of para-hydroxylation sites is 1. The van der Waals surface area contributed by atoms with E-state index < -0.39 is 0 Å². The lowest BCUT2D eigenvalue weighted by Crippen LogP contribution is -2.25. The maximum atomic E-state index is 13.1. The average Bonchev–Trinajstić information content (AvgIpc) is 3.11. The van der Waals surface area contributed by atoms with Gasteiger partial charge in [0.05, 0.1) is 13.2 Å². The summed E-state index contributed by atoms with van der Waals surface area (Å²) in [5.74, 6) is 0.724. The number of rotatable bonds is 7. The molecule has 1 N–H and O–H groups in total. The van der Waals surface area contributed by atoms with Gasteiger partial charge in [0.25, 0.3) is 5.56 Å². The summed E-state index contributed by atoms with van der Waals surface area (Å²) in [5.41, 5.74) is 3.28. The van der Waals surface area contributed by atoms with E-state index in [1.54, 1.807) is 23.4 Å². The fraction of sp³-hybridized carbons (Fsp3) is 0.182. The minimum Gasteiger partial charge on any atom is -0.383 e. The molecule has 0 unspecified atom stereocenters. The number of ether oxygens (including phenoxy) is 1. The fourth-order valence-electron chi connectivity index (χ4n) is 3.14. The van der Waals surface area contributed by atoms with Crippen LogP contribution >= 0.6 is 11.8 Å². The second-order valence-electron chi connectivity index (χ2n) is 6.36. The van der Waals surface area contributed by atoms with Crippen molar-refractivity contribution in [3.05, 3.63) is 76.6 Å². The van der Waals surface area contributed by atoms with Crippen LogP contribution < -0.4 is 5.56 Å². The van der Waals surface area contributed by atoms with Crippen LogP contribution in [-0.4, -0.2) is 34.0 Å². The predicted octanol–water partition coefficient (Wildman–Crippen LogP) is 4.33. The Kier molecular flexibility index (Phi) is 5.60. The Balaban J connectivity index is 1.69. The van der Waals surface area contributed by atoms with Crippen LogP contribution in [0.15, 0.2) is 70.6 Å². The molecule has 2 heterocycles. The van der Waals surface area contributed by atoms with Crippen molar-refractivity contribution in [2.75, 3.05) is 19.5 Å². The number of benzene rings is 2. The summed E-state index contributed by atoms with van der Waals surface area (Å²) in [6.07, 6.45) is 4.17. The van der Waals surface area contributed by atoms with E-state index in [1.165, 1.54) is 0 Å². The minimum atomic E-state index is -0.0622. The molecule has 0 aliphatic carbocycles. The first-order chi connectivity index (χ1) is 13.8. The van der Waals surface area contributed by atoms with Gasteiger partial charge in [-0.3, -0.25) is 9.36 Å². The molecule has 0 spiro atoms. The molecule has 0 atom stereocenters. The Bertz CT molecular complexity index is 1180. The monoisotopic (exact) mass is 391 g/mol. The van der Waals surface area contributed by atoms with Gasteiger partial charge in [-0.15, -0.1) is 0 Å². The molecule has 4 rings (SSSR count). The number of hydrogen-bond donors (Lipinski definition) is 1. The molecule has 0 aliphatic heterocycles. The van der Waals surface area contributed by atoms with Crippen LogP contribution in [0.25, 0.3) is 28.0 Å². The van der Waals surface area contributed by atoms with Gasteiger partial charge in [0, 0.05) is 23.8 Å². The Morgan fingerprint density at radius 3 is 2.75 bits per heavy atom. The largest absolute Gasteiger partial charge is 0.383 e. The standard InChI is InChI=1S/C22H21N3O2S/c1-27-14-13-25-21(26)20-19(17-11-5-6-12-18(17)23-20)24-22(25)28-15-7-10-16-8-3-2-4-9-16/h2-12,23H,13-15H2,1H3. The number of nitrogens with one attached hydrogen (secondary N) is 1. The van der Waals surface area contributed by atoms with Gasteiger partial charge in [-0.1, -0.05) is 72.4 Å². The molecule has 0 bridgehead atoms. The van der Waals surface area contributed by atoms with E-state index in [0.717, 1.165) is 27.7 Å². The number of hydrogen-bond acceptors (Lipinski definition) is 4. The maximum Gasteiger partial charge on any atom is 0.278 e. The molecule has 0 aliphatic rings. The number of fused-ring (bicyclic) bond motifs is 3. The van der Waals surface area contributed by atoms with Crippen LogP contribution in [0.4, 0.5) is 0 Å². The highest BCUT2D eigenvalue weighted by atomic mass is 32.2. The third kappa shape index (κ3) is 3.74.